The van der Waals surface area contributed by atoms with E-state index in [0.29, 0.717) is 13.1 Å². The highest BCUT2D eigenvalue weighted by Crippen LogP contribution is 2.12. The van der Waals surface area contributed by atoms with Crippen LogP contribution in [0.25, 0.3) is 0 Å². The lowest BCUT2D eigenvalue weighted by Gasteiger charge is -2.27. The van der Waals surface area contributed by atoms with E-state index in [0.717, 1.165) is 12.8 Å². The fourth-order valence-corrected chi connectivity index (χ4v) is 1.96. The van der Waals surface area contributed by atoms with E-state index in [1.165, 1.54) is 6.92 Å². The number of likely N-dealkylation sites (tertiary alicyclic amines) is 1. The summed E-state index contributed by atoms with van der Waals surface area (Å²) in [5, 5.41) is 12.1. The number of ether oxygens (including phenoxy) is 1. The van der Waals surface area contributed by atoms with E-state index < -0.39 is 23.8 Å². The van der Waals surface area contributed by atoms with E-state index in [1.54, 1.807) is 25.7 Å². The summed E-state index contributed by atoms with van der Waals surface area (Å²) in [6, 6.07) is -0.951. The molecule has 1 rings (SSSR count). The quantitative estimate of drug-likeness (QED) is 0.799. The minimum absolute atomic E-state index is 0.252. The molecule has 110 valence electrons. The Morgan fingerprint density at radius 2 is 1.79 bits per heavy atom. The number of rotatable bonds is 3. The van der Waals surface area contributed by atoms with Gasteiger partial charge in [-0.15, -0.1) is 0 Å². The van der Waals surface area contributed by atoms with Crippen molar-refractivity contribution < 1.29 is 19.4 Å². The molecule has 0 aromatic rings. The maximum Gasteiger partial charge on any atom is 0.408 e. The van der Waals surface area contributed by atoms with Crippen molar-refractivity contribution in [3.8, 4) is 0 Å². The standard InChI is InChI=1S/C13H24N2O4/c1-9(16)10(11(17)15-7-5-6-8-15)14-12(18)19-13(2,3)4/h9-10,16H,5-8H2,1-4H3,(H,14,18)/t9-,10?/m1/s1. The van der Waals surface area contributed by atoms with E-state index in [4.69, 9.17) is 4.74 Å². The van der Waals surface area contributed by atoms with E-state index in [1.807, 2.05) is 0 Å². The van der Waals surface area contributed by atoms with Crippen LogP contribution in [0.2, 0.25) is 0 Å². The van der Waals surface area contributed by atoms with Crippen molar-refractivity contribution >= 4 is 12.0 Å². The van der Waals surface area contributed by atoms with Crippen molar-refractivity contribution in [1.29, 1.82) is 0 Å². The Morgan fingerprint density at radius 1 is 1.26 bits per heavy atom. The minimum atomic E-state index is -0.958. The summed E-state index contributed by atoms with van der Waals surface area (Å²) >= 11 is 0. The first kappa shape index (κ1) is 15.8. The molecule has 1 fully saturated rings. The van der Waals surface area contributed by atoms with Gasteiger partial charge in [-0.05, 0) is 40.5 Å². The van der Waals surface area contributed by atoms with Crippen molar-refractivity contribution in [3.63, 3.8) is 0 Å². The summed E-state index contributed by atoms with van der Waals surface area (Å²) in [6.07, 6.45) is 0.279. The molecule has 2 amide bonds. The van der Waals surface area contributed by atoms with E-state index >= 15 is 0 Å². The van der Waals surface area contributed by atoms with Crippen LogP contribution < -0.4 is 5.32 Å². The number of hydrogen-bond donors (Lipinski definition) is 2. The normalized spacial score (nSPS) is 18.9. The zero-order chi connectivity index (χ0) is 14.6. The molecule has 0 aromatic heterocycles. The van der Waals surface area contributed by atoms with Crippen LogP contribution in [0.1, 0.15) is 40.5 Å². The summed E-state index contributed by atoms with van der Waals surface area (Å²) < 4.78 is 5.10. The number of aliphatic hydroxyl groups excluding tert-OH is 1. The van der Waals surface area contributed by atoms with Crippen molar-refractivity contribution in [3.05, 3.63) is 0 Å². The molecule has 2 atom stereocenters. The van der Waals surface area contributed by atoms with Gasteiger partial charge in [0.25, 0.3) is 0 Å². The Labute approximate surface area is 114 Å². The molecule has 0 aliphatic carbocycles. The molecule has 1 aliphatic rings. The van der Waals surface area contributed by atoms with Crippen LogP contribution in [-0.4, -0.2) is 52.8 Å². The largest absolute Gasteiger partial charge is 0.444 e. The monoisotopic (exact) mass is 272 g/mol. The van der Waals surface area contributed by atoms with Gasteiger partial charge >= 0.3 is 6.09 Å². The van der Waals surface area contributed by atoms with E-state index in [-0.39, 0.29) is 5.91 Å². The molecule has 1 aliphatic heterocycles. The van der Waals surface area contributed by atoms with Crippen LogP contribution in [0.5, 0.6) is 0 Å². The lowest BCUT2D eigenvalue weighted by atomic mass is 10.1. The highest BCUT2D eigenvalue weighted by molar-refractivity contribution is 5.86. The molecule has 0 spiro atoms. The van der Waals surface area contributed by atoms with Crippen LogP contribution in [0.3, 0.4) is 0 Å². The summed E-state index contributed by atoms with van der Waals surface area (Å²) in [6.45, 7) is 8.07. The molecule has 1 heterocycles. The molecule has 6 heteroatoms. The first-order valence-electron chi connectivity index (χ1n) is 6.67. The van der Waals surface area contributed by atoms with Crippen molar-refractivity contribution in [1.82, 2.24) is 10.2 Å². The Kier molecular flexibility index (Phi) is 5.17. The molecule has 0 aromatic carbocycles. The Hall–Kier alpha value is -1.30. The Bertz CT molecular complexity index is 330. The van der Waals surface area contributed by atoms with Crippen LogP contribution in [0.4, 0.5) is 4.79 Å². The smallest absolute Gasteiger partial charge is 0.408 e. The second-order valence-corrected chi connectivity index (χ2v) is 5.90. The van der Waals surface area contributed by atoms with Crippen LogP contribution >= 0.6 is 0 Å². The molecule has 1 saturated heterocycles. The average molecular weight is 272 g/mol. The maximum atomic E-state index is 12.2. The van der Waals surface area contributed by atoms with Gasteiger partial charge in [0.05, 0.1) is 6.10 Å². The van der Waals surface area contributed by atoms with Crippen LogP contribution in [0.15, 0.2) is 0 Å². The highest BCUT2D eigenvalue weighted by Gasteiger charge is 2.32. The fourth-order valence-electron chi connectivity index (χ4n) is 1.96. The van der Waals surface area contributed by atoms with Gasteiger partial charge in [-0.25, -0.2) is 4.79 Å². The molecule has 0 bridgehead atoms. The molecular formula is C13H24N2O4. The minimum Gasteiger partial charge on any atom is -0.444 e. The van der Waals surface area contributed by atoms with E-state index in [9.17, 15) is 14.7 Å². The van der Waals surface area contributed by atoms with Gasteiger partial charge in [-0.1, -0.05) is 0 Å². The van der Waals surface area contributed by atoms with E-state index in [2.05, 4.69) is 5.32 Å². The highest BCUT2D eigenvalue weighted by atomic mass is 16.6. The summed E-state index contributed by atoms with van der Waals surface area (Å²) in [5.41, 5.74) is -0.635. The Morgan fingerprint density at radius 3 is 2.21 bits per heavy atom. The lowest BCUT2D eigenvalue weighted by molar-refractivity contribution is -0.134. The number of carbonyl (C=O) groups excluding carboxylic acids is 2. The molecule has 1 unspecified atom stereocenters. The van der Waals surface area contributed by atoms with Gasteiger partial charge in [-0.2, -0.15) is 0 Å². The number of amides is 2. The molecular weight excluding hydrogens is 248 g/mol. The Balaban J connectivity index is 2.62. The number of alkyl carbamates (subject to hydrolysis) is 1. The summed E-state index contributed by atoms with van der Waals surface area (Å²) in [4.78, 5) is 25.5. The lowest BCUT2D eigenvalue weighted by Crippen LogP contribution is -2.53. The third kappa shape index (κ3) is 5.06. The van der Waals surface area contributed by atoms with Crippen LogP contribution in [-0.2, 0) is 9.53 Å². The third-order valence-electron chi connectivity index (χ3n) is 2.84. The van der Waals surface area contributed by atoms with Gasteiger partial charge in [-0.3, -0.25) is 4.79 Å². The predicted molar refractivity (Wildman–Crippen MR) is 70.7 cm³/mol. The van der Waals surface area contributed by atoms with Crippen molar-refractivity contribution in [2.45, 2.75) is 58.3 Å². The molecule has 19 heavy (non-hydrogen) atoms. The maximum absolute atomic E-state index is 12.2. The van der Waals surface area contributed by atoms with Gasteiger partial charge in [0.1, 0.15) is 11.6 Å². The first-order valence-corrected chi connectivity index (χ1v) is 6.67. The third-order valence-corrected chi connectivity index (χ3v) is 2.84. The summed E-state index contributed by atoms with van der Waals surface area (Å²) in [7, 11) is 0. The zero-order valence-electron chi connectivity index (χ0n) is 12.1. The van der Waals surface area contributed by atoms with Crippen LogP contribution in [0, 0.1) is 0 Å². The topological polar surface area (TPSA) is 78.9 Å². The molecule has 6 nitrogen and oxygen atoms in total. The second kappa shape index (κ2) is 6.23. The zero-order valence-corrected chi connectivity index (χ0v) is 12.1. The average Bonchev–Trinajstić information content (AvgIpc) is 2.75. The number of aliphatic hydroxyl groups is 1. The number of hydrogen-bond acceptors (Lipinski definition) is 4. The molecule has 0 saturated carbocycles. The second-order valence-electron chi connectivity index (χ2n) is 5.90. The van der Waals surface area contributed by atoms with Crippen molar-refractivity contribution in [2.24, 2.45) is 0 Å². The predicted octanol–water partition coefficient (Wildman–Crippen LogP) is 0.883. The van der Waals surface area contributed by atoms with Crippen molar-refractivity contribution in [2.75, 3.05) is 13.1 Å². The fraction of sp³-hybridized carbons (Fsp3) is 0.846. The van der Waals surface area contributed by atoms with Gasteiger partial charge in [0.15, 0.2) is 0 Å². The van der Waals surface area contributed by atoms with Gasteiger partial charge in [0, 0.05) is 13.1 Å². The molecule has 0 radical (unpaired) electrons. The first-order chi connectivity index (χ1) is 8.70. The number of carbonyl (C=O) groups is 2. The SMILES string of the molecule is C[C@@H](O)C(NC(=O)OC(C)(C)C)C(=O)N1CCCC1. The van der Waals surface area contributed by atoms with Gasteiger partial charge < -0.3 is 20.1 Å². The number of nitrogens with zero attached hydrogens (tertiary/aromatic N) is 1. The number of nitrogens with one attached hydrogen (secondary N) is 1. The summed E-state index contributed by atoms with van der Waals surface area (Å²) in [5.74, 6) is -0.252. The van der Waals surface area contributed by atoms with Gasteiger partial charge in [0.2, 0.25) is 5.91 Å². The molecule has 2 N–H and O–H groups in total.